The number of anilines is 2. The van der Waals surface area contributed by atoms with Gasteiger partial charge in [-0.25, -0.2) is 4.98 Å². The summed E-state index contributed by atoms with van der Waals surface area (Å²) in [7, 11) is 0. The third-order valence-electron chi connectivity index (χ3n) is 5.05. The van der Waals surface area contributed by atoms with Crippen LogP contribution in [0.2, 0.25) is 5.02 Å². The van der Waals surface area contributed by atoms with Crippen LogP contribution in [0.4, 0.5) is 11.5 Å². The summed E-state index contributed by atoms with van der Waals surface area (Å²) in [6, 6.07) is 16.2. The van der Waals surface area contributed by atoms with E-state index in [9.17, 15) is 14.4 Å². The van der Waals surface area contributed by atoms with E-state index in [0.29, 0.717) is 27.7 Å². The average Bonchev–Trinajstić information content (AvgIpc) is 2.85. The number of hydrogen-bond donors (Lipinski definition) is 2. The van der Waals surface area contributed by atoms with Crippen LogP contribution in [0.5, 0.6) is 0 Å². The van der Waals surface area contributed by atoms with Gasteiger partial charge in [0, 0.05) is 23.3 Å². The molecule has 3 amide bonds. The Labute approximate surface area is 184 Å². The number of aromatic nitrogens is 1. The van der Waals surface area contributed by atoms with E-state index in [1.807, 2.05) is 0 Å². The Morgan fingerprint density at radius 3 is 2.61 bits per heavy atom. The quantitative estimate of drug-likeness (QED) is 0.650. The second kappa shape index (κ2) is 8.57. The number of nitrogens with one attached hydrogen (secondary N) is 2. The van der Waals surface area contributed by atoms with Gasteiger partial charge in [-0.3, -0.25) is 14.4 Å². The molecule has 0 unspecified atom stereocenters. The zero-order valence-corrected chi connectivity index (χ0v) is 17.4. The molecule has 156 valence electrons. The summed E-state index contributed by atoms with van der Waals surface area (Å²) in [4.78, 5) is 43.6. The Balaban J connectivity index is 1.52. The topological polar surface area (TPSA) is 91.4 Å². The number of carbonyl (C=O) groups excluding carboxylic acids is 3. The lowest BCUT2D eigenvalue weighted by Gasteiger charge is -2.26. The van der Waals surface area contributed by atoms with Gasteiger partial charge in [0.15, 0.2) is 0 Å². The van der Waals surface area contributed by atoms with E-state index in [-0.39, 0.29) is 24.3 Å². The van der Waals surface area contributed by atoms with E-state index in [2.05, 4.69) is 15.6 Å². The van der Waals surface area contributed by atoms with E-state index >= 15 is 0 Å². The molecule has 0 saturated heterocycles. The highest BCUT2D eigenvalue weighted by molar-refractivity contribution is 6.31. The first-order valence-electron chi connectivity index (χ1n) is 9.65. The minimum atomic E-state index is -0.675. The molecule has 2 aromatic carbocycles. The Hall–Kier alpha value is -3.71. The van der Waals surface area contributed by atoms with E-state index < -0.39 is 6.04 Å². The fourth-order valence-corrected chi connectivity index (χ4v) is 3.48. The molecule has 31 heavy (non-hydrogen) atoms. The van der Waals surface area contributed by atoms with Gasteiger partial charge >= 0.3 is 0 Å². The van der Waals surface area contributed by atoms with Crippen molar-refractivity contribution in [2.75, 3.05) is 10.6 Å². The zero-order valence-electron chi connectivity index (χ0n) is 16.6. The highest BCUT2D eigenvalue weighted by Crippen LogP contribution is 2.27. The third-order valence-corrected chi connectivity index (χ3v) is 5.29. The fourth-order valence-electron chi connectivity index (χ4n) is 3.31. The second-order valence-corrected chi connectivity index (χ2v) is 7.59. The normalized spacial score (nSPS) is 15.7. The van der Waals surface area contributed by atoms with Crippen molar-refractivity contribution < 1.29 is 14.4 Å². The molecule has 0 bridgehead atoms. The molecule has 3 aromatic rings. The summed E-state index contributed by atoms with van der Waals surface area (Å²) < 4.78 is 0. The first-order valence-corrected chi connectivity index (χ1v) is 10.0. The van der Waals surface area contributed by atoms with Gasteiger partial charge in [0.2, 0.25) is 5.91 Å². The van der Waals surface area contributed by atoms with Crippen molar-refractivity contribution >= 4 is 40.8 Å². The van der Waals surface area contributed by atoms with Crippen molar-refractivity contribution in [1.82, 2.24) is 9.88 Å². The van der Waals surface area contributed by atoms with Gasteiger partial charge in [0.25, 0.3) is 11.8 Å². The minimum absolute atomic E-state index is 0.220. The third kappa shape index (κ3) is 4.41. The maximum atomic E-state index is 13.1. The van der Waals surface area contributed by atoms with Crippen LogP contribution < -0.4 is 10.6 Å². The summed E-state index contributed by atoms with van der Waals surface area (Å²) in [5.74, 6) is -0.379. The summed E-state index contributed by atoms with van der Waals surface area (Å²) in [6.45, 7) is 1.90. The molecule has 1 aliphatic rings. The molecule has 2 N–H and O–H groups in total. The highest BCUT2D eigenvalue weighted by Gasteiger charge is 2.32. The fraction of sp³-hybridized carbons (Fsp3) is 0.130. The van der Waals surface area contributed by atoms with Crippen molar-refractivity contribution in [3.8, 4) is 0 Å². The van der Waals surface area contributed by atoms with Gasteiger partial charge < -0.3 is 15.5 Å². The molecule has 0 aliphatic carbocycles. The van der Waals surface area contributed by atoms with Gasteiger partial charge in [-0.15, -0.1) is 0 Å². The number of rotatable bonds is 4. The lowest BCUT2D eigenvalue weighted by atomic mass is 10.1. The molecule has 8 heteroatoms. The average molecular weight is 435 g/mol. The summed E-state index contributed by atoms with van der Waals surface area (Å²) in [5, 5.41) is 5.92. The number of carbonyl (C=O) groups is 3. The zero-order chi connectivity index (χ0) is 22.0. The van der Waals surface area contributed by atoms with Crippen molar-refractivity contribution in [2.24, 2.45) is 0 Å². The molecule has 2 heterocycles. The second-order valence-electron chi connectivity index (χ2n) is 7.15. The van der Waals surface area contributed by atoms with E-state index in [4.69, 9.17) is 11.6 Å². The van der Waals surface area contributed by atoms with Gasteiger partial charge in [0.1, 0.15) is 11.9 Å². The van der Waals surface area contributed by atoms with Crippen LogP contribution in [0.25, 0.3) is 0 Å². The van der Waals surface area contributed by atoms with Crippen LogP contribution in [0, 0.1) is 0 Å². The van der Waals surface area contributed by atoms with Crippen LogP contribution in [0.3, 0.4) is 0 Å². The first kappa shape index (κ1) is 20.6. The number of fused-ring (bicyclic) bond motifs is 1. The molecule has 0 radical (unpaired) electrons. The van der Waals surface area contributed by atoms with Crippen molar-refractivity contribution in [3.05, 3.63) is 88.6 Å². The first-order chi connectivity index (χ1) is 14.9. The van der Waals surface area contributed by atoms with E-state index in [1.54, 1.807) is 73.8 Å². The lowest BCUT2D eigenvalue weighted by molar-refractivity contribution is -0.120. The van der Waals surface area contributed by atoms with Crippen LogP contribution in [0.15, 0.2) is 66.9 Å². The Morgan fingerprint density at radius 2 is 1.90 bits per heavy atom. The number of benzene rings is 2. The maximum Gasteiger partial charge on any atom is 0.256 e. The number of hydrogen-bond acceptors (Lipinski definition) is 4. The van der Waals surface area contributed by atoms with Crippen LogP contribution in [-0.4, -0.2) is 33.6 Å². The van der Waals surface area contributed by atoms with Gasteiger partial charge in [0.05, 0.1) is 11.3 Å². The smallest absolute Gasteiger partial charge is 0.256 e. The van der Waals surface area contributed by atoms with Crippen LogP contribution in [0.1, 0.15) is 33.2 Å². The molecular formula is C23H19ClN4O3. The molecule has 4 rings (SSSR count). The van der Waals surface area contributed by atoms with Gasteiger partial charge in [-0.2, -0.15) is 0 Å². The summed E-state index contributed by atoms with van der Waals surface area (Å²) in [6.07, 6.45) is 1.60. The van der Waals surface area contributed by atoms with Crippen molar-refractivity contribution in [1.29, 1.82) is 0 Å². The van der Waals surface area contributed by atoms with Crippen LogP contribution >= 0.6 is 11.6 Å². The molecule has 1 atom stereocenters. The molecule has 1 aliphatic heterocycles. The predicted molar refractivity (Wildman–Crippen MR) is 118 cm³/mol. The van der Waals surface area contributed by atoms with Gasteiger partial charge in [-0.1, -0.05) is 29.8 Å². The Kier molecular flexibility index (Phi) is 5.68. The van der Waals surface area contributed by atoms with Crippen molar-refractivity contribution in [3.63, 3.8) is 0 Å². The molecule has 0 spiro atoms. The highest BCUT2D eigenvalue weighted by atomic mass is 35.5. The van der Waals surface area contributed by atoms with Gasteiger partial charge in [-0.05, 0) is 55.0 Å². The summed E-state index contributed by atoms with van der Waals surface area (Å²) in [5.41, 5.74) is 2.04. The largest absolute Gasteiger partial charge is 0.324 e. The molecular weight excluding hydrogens is 416 g/mol. The molecule has 7 nitrogen and oxygen atoms in total. The van der Waals surface area contributed by atoms with Crippen LogP contribution in [-0.2, 0) is 11.3 Å². The van der Waals surface area contributed by atoms with E-state index in [0.717, 1.165) is 5.56 Å². The Bertz CT molecular complexity index is 1150. The molecule has 0 saturated carbocycles. The minimum Gasteiger partial charge on any atom is -0.324 e. The number of nitrogens with zero attached hydrogens (tertiary/aromatic N) is 2. The molecule has 1 aromatic heterocycles. The monoisotopic (exact) mass is 434 g/mol. The standard InChI is InChI=1S/C23H19ClN4O3/c1-14-21(29)26-19-12-17(24)9-10-18(19)23(31)28(14)13-15-5-7-16(8-6-15)22(30)27-20-4-2-3-11-25-20/h2-12,14H,13H2,1H3,(H,26,29)(H,25,27,30)/t14-/m1/s1. The SMILES string of the molecule is C[C@@H]1C(=O)Nc2cc(Cl)ccc2C(=O)N1Cc1ccc(C(=O)Nc2ccccn2)cc1. The number of amides is 3. The maximum absolute atomic E-state index is 13.1. The van der Waals surface area contributed by atoms with Crippen molar-refractivity contribution in [2.45, 2.75) is 19.5 Å². The van der Waals surface area contributed by atoms with E-state index in [1.165, 1.54) is 4.90 Å². The summed E-state index contributed by atoms with van der Waals surface area (Å²) >= 11 is 6.01. The Morgan fingerprint density at radius 1 is 1.13 bits per heavy atom. The lowest BCUT2D eigenvalue weighted by Crippen LogP contribution is -2.42. The predicted octanol–water partition coefficient (Wildman–Crippen LogP) is 3.97. The number of halogens is 1. The molecule has 0 fully saturated rings. The number of pyridine rings is 1.